The van der Waals surface area contributed by atoms with Crippen molar-refractivity contribution in [3.05, 3.63) is 35.1 Å². The third-order valence-electron chi connectivity index (χ3n) is 3.05. The van der Waals surface area contributed by atoms with Crippen molar-refractivity contribution in [1.82, 2.24) is 0 Å². The van der Waals surface area contributed by atoms with Crippen molar-refractivity contribution in [3.63, 3.8) is 0 Å². The van der Waals surface area contributed by atoms with E-state index in [0.29, 0.717) is 17.9 Å². The van der Waals surface area contributed by atoms with E-state index in [1.807, 2.05) is 6.92 Å². The Balaban J connectivity index is 2.74. The molecule has 2 nitrogen and oxygen atoms in total. The molecule has 0 saturated heterocycles. The lowest BCUT2D eigenvalue weighted by molar-refractivity contribution is 0.128. The zero-order valence-electron chi connectivity index (χ0n) is 10.8. The number of hydrogen-bond acceptors (Lipinski definition) is 2. The lowest BCUT2D eigenvalue weighted by atomic mass is 9.93. The second-order valence-electron chi connectivity index (χ2n) is 5.07. The molecule has 3 N–H and O–H groups in total. The summed E-state index contributed by atoms with van der Waals surface area (Å²) in [7, 11) is 0. The van der Waals surface area contributed by atoms with Crippen molar-refractivity contribution in [2.75, 3.05) is 0 Å². The Labute approximate surface area is 103 Å². The highest BCUT2D eigenvalue weighted by Crippen LogP contribution is 2.23. The van der Waals surface area contributed by atoms with Gasteiger partial charge in [-0.25, -0.2) is 4.39 Å². The van der Waals surface area contributed by atoms with Gasteiger partial charge in [0.05, 0.1) is 12.1 Å². The molecule has 0 bridgehead atoms. The molecular formula is C14H22FNO. The summed E-state index contributed by atoms with van der Waals surface area (Å²) in [5.74, 6) is 0.225. The maximum atomic E-state index is 13.1. The first kappa shape index (κ1) is 14.1. The van der Waals surface area contributed by atoms with Crippen LogP contribution in [0, 0.1) is 18.7 Å². The SMILES string of the molecule is Cc1ccc(F)cc1[C@H](N)[C@H](O)CCC(C)C. The summed E-state index contributed by atoms with van der Waals surface area (Å²) in [6.45, 7) is 6.08. The minimum Gasteiger partial charge on any atom is -0.391 e. The molecule has 0 fully saturated rings. The molecule has 0 amide bonds. The van der Waals surface area contributed by atoms with E-state index in [1.54, 1.807) is 6.07 Å². The number of aliphatic hydroxyl groups is 1. The molecule has 0 heterocycles. The van der Waals surface area contributed by atoms with Gasteiger partial charge in [-0.1, -0.05) is 19.9 Å². The van der Waals surface area contributed by atoms with Crippen molar-refractivity contribution < 1.29 is 9.50 Å². The number of nitrogens with two attached hydrogens (primary N) is 1. The van der Waals surface area contributed by atoms with Gasteiger partial charge in [-0.05, 0) is 48.9 Å². The highest BCUT2D eigenvalue weighted by atomic mass is 19.1. The Morgan fingerprint density at radius 3 is 2.53 bits per heavy atom. The van der Waals surface area contributed by atoms with Gasteiger partial charge in [0.25, 0.3) is 0 Å². The Bertz CT molecular complexity index is 365. The Morgan fingerprint density at radius 2 is 1.94 bits per heavy atom. The molecule has 0 aromatic heterocycles. The van der Waals surface area contributed by atoms with E-state index in [2.05, 4.69) is 13.8 Å². The van der Waals surface area contributed by atoms with Crippen molar-refractivity contribution in [2.45, 2.75) is 45.8 Å². The summed E-state index contributed by atoms with van der Waals surface area (Å²) in [6, 6.07) is 4.01. The lowest BCUT2D eigenvalue weighted by Gasteiger charge is -2.21. The molecule has 1 aromatic rings. The van der Waals surface area contributed by atoms with Crippen LogP contribution in [0.2, 0.25) is 0 Å². The number of aryl methyl sites for hydroxylation is 1. The fourth-order valence-corrected chi connectivity index (χ4v) is 1.86. The average Bonchev–Trinajstić information content (AvgIpc) is 2.28. The number of halogens is 1. The molecular weight excluding hydrogens is 217 g/mol. The minimum atomic E-state index is -0.613. The summed E-state index contributed by atoms with van der Waals surface area (Å²) in [5.41, 5.74) is 7.59. The molecule has 0 aliphatic carbocycles. The highest BCUT2D eigenvalue weighted by Gasteiger charge is 2.19. The largest absolute Gasteiger partial charge is 0.391 e. The predicted octanol–water partition coefficient (Wildman–Crippen LogP) is 2.93. The van der Waals surface area contributed by atoms with Crippen molar-refractivity contribution in [3.8, 4) is 0 Å². The zero-order valence-corrected chi connectivity index (χ0v) is 10.8. The molecule has 96 valence electrons. The molecule has 3 heteroatoms. The van der Waals surface area contributed by atoms with Crippen LogP contribution in [0.4, 0.5) is 4.39 Å². The first-order valence-corrected chi connectivity index (χ1v) is 6.11. The van der Waals surface area contributed by atoms with Crippen LogP contribution < -0.4 is 5.73 Å². The van der Waals surface area contributed by atoms with Crippen LogP contribution in [-0.2, 0) is 0 Å². The van der Waals surface area contributed by atoms with Crippen molar-refractivity contribution in [1.29, 1.82) is 0 Å². The smallest absolute Gasteiger partial charge is 0.123 e. The van der Waals surface area contributed by atoms with Crippen molar-refractivity contribution >= 4 is 0 Å². The van der Waals surface area contributed by atoms with Gasteiger partial charge in [0.1, 0.15) is 5.82 Å². The number of benzene rings is 1. The summed E-state index contributed by atoms with van der Waals surface area (Å²) in [6.07, 6.45) is 0.954. The third kappa shape index (κ3) is 4.10. The van der Waals surface area contributed by atoms with Gasteiger partial charge in [-0.3, -0.25) is 0 Å². The van der Waals surface area contributed by atoms with Crippen LogP contribution >= 0.6 is 0 Å². The van der Waals surface area contributed by atoms with Crippen LogP contribution in [0.1, 0.15) is 43.9 Å². The molecule has 0 saturated carbocycles. The fraction of sp³-hybridized carbons (Fsp3) is 0.571. The highest BCUT2D eigenvalue weighted by molar-refractivity contribution is 5.30. The quantitative estimate of drug-likeness (QED) is 0.830. The van der Waals surface area contributed by atoms with Crippen LogP contribution in [0.3, 0.4) is 0 Å². The van der Waals surface area contributed by atoms with E-state index in [0.717, 1.165) is 12.0 Å². The molecule has 1 aromatic carbocycles. The van der Waals surface area contributed by atoms with Gasteiger partial charge < -0.3 is 10.8 Å². The molecule has 0 radical (unpaired) electrons. The fourth-order valence-electron chi connectivity index (χ4n) is 1.86. The maximum Gasteiger partial charge on any atom is 0.123 e. The standard InChI is InChI=1S/C14H22FNO/c1-9(2)4-7-13(17)14(16)12-8-11(15)6-5-10(12)3/h5-6,8-9,13-14,17H,4,7,16H2,1-3H3/t13-,14+/m1/s1. The summed E-state index contributed by atoms with van der Waals surface area (Å²) in [4.78, 5) is 0. The Morgan fingerprint density at radius 1 is 1.29 bits per heavy atom. The molecule has 2 atom stereocenters. The van der Waals surface area contributed by atoms with Gasteiger partial charge in [0, 0.05) is 0 Å². The van der Waals surface area contributed by atoms with Crippen LogP contribution in [0.5, 0.6) is 0 Å². The molecule has 0 unspecified atom stereocenters. The normalized spacial score (nSPS) is 15.0. The van der Waals surface area contributed by atoms with Gasteiger partial charge in [0.15, 0.2) is 0 Å². The van der Waals surface area contributed by atoms with Crippen molar-refractivity contribution in [2.24, 2.45) is 11.7 Å². The first-order chi connectivity index (χ1) is 7.91. The monoisotopic (exact) mass is 239 g/mol. The number of aliphatic hydroxyl groups excluding tert-OH is 1. The number of hydrogen-bond donors (Lipinski definition) is 2. The summed E-state index contributed by atoms with van der Waals surface area (Å²) < 4.78 is 13.1. The van der Waals surface area contributed by atoms with E-state index in [1.165, 1.54) is 12.1 Å². The lowest BCUT2D eigenvalue weighted by Crippen LogP contribution is -2.27. The average molecular weight is 239 g/mol. The number of rotatable bonds is 5. The summed E-state index contributed by atoms with van der Waals surface area (Å²) >= 11 is 0. The summed E-state index contributed by atoms with van der Waals surface area (Å²) in [5, 5.41) is 9.99. The molecule has 17 heavy (non-hydrogen) atoms. The molecule has 0 aliphatic heterocycles. The van der Waals surface area contributed by atoms with Gasteiger partial charge in [0.2, 0.25) is 0 Å². The minimum absolute atomic E-state index is 0.308. The van der Waals surface area contributed by atoms with Gasteiger partial charge >= 0.3 is 0 Å². The second-order valence-corrected chi connectivity index (χ2v) is 5.07. The zero-order chi connectivity index (χ0) is 13.0. The molecule has 1 rings (SSSR count). The Hall–Kier alpha value is -0.930. The molecule has 0 spiro atoms. The van der Waals surface area contributed by atoms with Crippen LogP contribution in [0.25, 0.3) is 0 Å². The van der Waals surface area contributed by atoms with Crippen LogP contribution in [-0.4, -0.2) is 11.2 Å². The second kappa shape index (κ2) is 6.12. The van der Waals surface area contributed by atoms with E-state index in [-0.39, 0.29) is 5.82 Å². The van der Waals surface area contributed by atoms with E-state index in [4.69, 9.17) is 5.73 Å². The molecule has 0 aliphatic rings. The Kier molecular flexibility index (Phi) is 5.09. The topological polar surface area (TPSA) is 46.2 Å². The van der Waals surface area contributed by atoms with Gasteiger partial charge in [-0.15, -0.1) is 0 Å². The van der Waals surface area contributed by atoms with Crippen LogP contribution in [0.15, 0.2) is 18.2 Å². The van der Waals surface area contributed by atoms with E-state index >= 15 is 0 Å². The van der Waals surface area contributed by atoms with E-state index < -0.39 is 12.1 Å². The predicted molar refractivity (Wildman–Crippen MR) is 68.1 cm³/mol. The third-order valence-corrected chi connectivity index (χ3v) is 3.05. The first-order valence-electron chi connectivity index (χ1n) is 6.11. The maximum absolute atomic E-state index is 13.1. The van der Waals surface area contributed by atoms with E-state index in [9.17, 15) is 9.50 Å². The van der Waals surface area contributed by atoms with Gasteiger partial charge in [-0.2, -0.15) is 0 Å².